The highest BCUT2D eigenvalue weighted by atomic mass is 16.5. The molecule has 7 heteroatoms. The van der Waals surface area contributed by atoms with E-state index < -0.39 is 0 Å². The van der Waals surface area contributed by atoms with E-state index in [1.54, 1.807) is 13.3 Å². The number of ether oxygens (including phenoxy) is 2. The predicted octanol–water partition coefficient (Wildman–Crippen LogP) is 2.30. The highest BCUT2D eigenvalue weighted by Gasteiger charge is 2.59. The minimum Gasteiger partial charge on any atom is -0.493 e. The molecule has 2 saturated carbocycles. The Morgan fingerprint density at radius 3 is 2.54 bits per heavy atom. The summed E-state index contributed by atoms with van der Waals surface area (Å²) in [5.41, 5.74) is 9.28. The van der Waals surface area contributed by atoms with E-state index in [-0.39, 0.29) is 0 Å². The zero-order chi connectivity index (χ0) is 18.8. The molecular formula is C21H27N5O2. The second-order valence-corrected chi connectivity index (χ2v) is 8.79. The van der Waals surface area contributed by atoms with Crippen molar-refractivity contribution in [1.29, 1.82) is 0 Å². The van der Waals surface area contributed by atoms with Crippen LogP contribution in [0.5, 0.6) is 5.75 Å². The van der Waals surface area contributed by atoms with E-state index >= 15 is 0 Å². The van der Waals surface area contributed by atoms with E-state index in [0.29, 0.717) is 29.6 Å². The first-order valence-electron chi connectivity index (χ1n) is 10.4. The summed E-state index contributed by atoms with van der Waals surface area (Å²) in [7, 11) is 1.62. The summed E-state index contributed by atoms with van der Waals surface area (Å²) >= 11 is 0. The van der Waals surface area contributed by atoms with Crippen LogP contribution in [0, 0.1) is 11.8 Å². The lowest BCUT2D eigenvalue weighted by molar-refractivity contribution is -0.0610. The van der Waals surface area contributed by atoms with Crippen molar-refractivity contribution in [2.45, 2.75) is 37.3 Å². The molecule has 28 heavy (non-hydrogen) atoms. The molecule has 0 amide bonds. The third-order valence-corrected chi connectivity index (χ3v) is 7.28. The van der Waals surface area contributed by atoms with Gasteiger partial charge in [-0.05, 0) is 43.2 Å². The fraction of sp³-hybridized carbons (Fsp3) is 0.619. The summed E-state index contributed by atoms with van der Waals surface area (Å²) in [6, 6.07) is 5.47. The van der Waals surface area contributed by atoms with E-state index in [2.05, 4.69) is 20.6 Å². The van der Waals surface area contributed by atoms with Crippen molar-refractivity contribution in [2.24, 2.45) is 11.8 Å². The fourth-order valence-electron chi connectivity index (χ4n) is 5.21. The zero-order valence-corrected chi connectivity index (χ0v) is 16.3. The van der Waals surface area contributed by atoms with E-state index in [4.69, 9.17) is 20.3 Å². The van der Waals surface area contributed by atoms with Gasteiger partial charge in [0.1, 0.15) is 0 Å². The average Bonchev–Trinajstić information content (AvgIpc) is 2.94. The van der Waals surface area contributed by atoms with Crippen molar-refractivity contribution in [3.63, 3.8) is 0 Å². The normalized spacial score (nSPS) is 30.0. The van der Waals surface area contributed by atoms with Gasteiger partial charge in [0.25, 0.3) is 0 Å². The highest BCUT2D eigenvalue weighted by molar-refractivity contribution is 5.64. The molecule has 2 atom stereocenters. The average molecular weight is 381 g/mol. The molecular weight excluding hydrogens is 354 g/mol. The molecule has 0 aromatic carbocycles. The minimum atomic E-state index is 0.418. The van der Waals surface area contributed by atoms with Crippen LogP contribution >= 0.6 is 0 Å². The van der Waals surface area contributed by atoms with Gasteiger partial charge >= 0.3 is 0 Å². The molecule has 4 aliphatic rings. The van der Waals surface area contributed by atoms with Gasteiger partial charge in [0.2, 0.25) is 0 Å². The molecule has 4 fully saturated rings. The van der Waals surface area contributed by atoms with E-state index in [1.807, 2.05) is 6.07 Å². The van der Waals surface area contributed by atoms with Crippen molar-refractivity contribution in [3.8, 4) is 17.0 Å². The Morgan fingerprint density at radius 1 is 1.14 bits per heavy atom. The van der Waals surface area contributed by atoms with Crippen molar-refractivity contribution in [1.82, 2.24) is 19.7 Å². The number of nitrogens with two attached hydrogens (primary N) is 1. The van der Waals surface area contributed by atoms with Gasteiger partial charge in [-0.15, -0.1) is 0 Å². The molecule has 148 valence electrons. The van der Waals surface area contributed by atoms with Gasteiger partial charge in [0, 0.05) is 36.5 Å². The van der Waals surface area contributed by atoms with Crippen LogP contribution in [0.2, 0.25) is 0 Å². The Kier molecular flexibility index (Phi) is 3.71. The number of likely N-dealkylation sites (tertiary alicyclic amines) is 1. The maximum absolute atomic E-state index is 5.89. The molecule has 2 aromatic rings. The zero-order valence-electron chi connectivity index (χ0n) is 16.3. The molecule has 6 rings (SSSR count). The Balaban J connectivity index is 1.29. The predicted molar refractivity (Wildman–Crippen MR) is 105 cm³/mol. The Bertz CT molecular complexity index is 892. The largest absolute Gasteiger partial charge is 0.493 e. The minimum absolute atomic E-state index is 0.418. The van der Waals surface area contributed by atoms with Gasteiger partial charge in [0.05, 0.1) is 38.1 Å². The van der Waals surface area contributed by atoms with Gasteiger partial charge in [-0.1, -0.05) is 0 Å². The van der Waals surface area contributed by atoms with Gasteiger partial charge < -0.3 is 15.2 Å². The van der Waals surface area contributed by atoms with E-state index in [1.165, 1.54) is 38.0 Å². The van der Waals surface area contributed by atoms with Crippen molar-refractivity contribution >= 4 is 5.82 Å². The number of pyridine rings is 1. The topological polar surface area (TPSA) is 78.4 Å². The molecule has 2 N–H and O–H groups in total. The number of methoxy groups -OCH3 is 1. The van der Waals surface area contributed by atoms with Crippen LogP contribution in [0.15, 0.2) is 18.3 Å². The van der Waals surface area contributed by atoms with Crippen LogP contribution in [0.1, 0.15) is 36.9 Å². The number of hydrogen-bond donors (Lipinski definition) is 1. The molecule has 7 nitrogen and oxygen atoms in total. The van der Waals surface area contributed by atoms with Gasteiger partial charge in [-0.25, -0.2) is 4.98 Å². The number of hydrogen-bond acceptors (Lipinski definition) is 6. The molecule has 4 heterocycles. The first kappa shape index (κ1) is 16.8. The summed E-state index contributed by atoms with van der Waals surface area (Å²) in [6.45, 7) is 4.26. The van der Waals surface area contributed by atoms with Gasteiger partial charge in [-0.2, -0.15) is 5.10 Å². The number of anilines is 1. The van der Waals surface area contributed by atoms with Gasteiger partial charge in [-0.3, -0.25) is 9.58 Å². The van der Waals surface area contributed by atoms with Crippen molar-refractivity contribution < 1.29 is 9.47 Å². The van der Waals surface area contributed by atoms with Crippen LogP contribution in [0.25, 0.3) is 11.3 Å². The van der Waals surface area contributed by atoms with E-state index in [0.717, 1.165) is 36.3 Å². The van der Waals surface area contributed by atoms with E-state index in [9.17, 15) is 0 Å². The number of piperidine rings is 1. The molecule has 0 bridgehead atoms. The molecule has 2 aromatic heterocycles. The molecule has 0 radical (unpaired) electrons. The molecule has 2 aliphatic heterocycles. The second-order valence-electron chi connectivity index (χ2n) is 8.79. The first-order valence-corrected chi connectivity index (χ1v) is 10.4. The molecule has 0 unspecified atom stereocenters. The lowest BCUT2D eigenvalue weighted by atomic mass is 9.93. The summed E-state index contributed by atoms with van der Waals surface area (Å²) in [5.74, 6) is 3.24. The van der Waals surface area contributed by atoms with Crippen LogP contribution in [-0.2, 0) is 4.74 Å². The molecule has 2 aliphatic carbocycles. The fourth-order valence-corrected chi connectivity index (χ4v) is 5.21. The quantitative estimate of drug-likeness (QED) is 0.856. The third-order valence-electron chi connectivity index (χ3n) is 7.28. The Labute approximate surface area is 164 Å². The summed E-state index contributed by atoms with van der Waals surface area (Å²) in [5, 5.41) is 5.02. The number of rotatable bonds is 5. The summed E-state index contributed by atoms with van der Waals surface area (Å²) in [4.78, 5) is 6.93. The number of nitrogen functional groups attached to an aromatic ring is 1. The maximum Gasteiger partial charge on any atom is 0.166 e. The van der Waals surface area contributed by atoms with Crippen LogP contribution < -0.4 is 10.5 Å². The monoisotopic (exact) mass is 381 g/mol. The lowest BCUT2D eigenvalue weighted by Crippen LogP contribution is -2.48. The number of aromatic nitrogens is 3. The van der Waals surface area contributed by atoms with Gasteiger partial charge in [0.15, 0.2) is 11.6 Å². The summed E-state index contributed by atoms with van der Waals surface area (Å²) < 4.78 is 13.1. The molecule has 0 spiro atoms. The van der Waals surface area contributed by atoms with Crippen LogP contribution in [-0.4, -0.2) is 59.1 Å². The van der Waals surface area contributed by atoms with Crippen molar-refractivity contribution in [3.05, 3.63) is 24.0 Å². The standard InChI is InChI=1S/C21H27N5O2/c1-27-19-5-12(7-23-21(19)22)17-6-18(26(24-17)13-3-2-4-13)20-15-8-25(9-16(15)20)14-10-28-11-14/h5-7,13-16,20H,2-4,8-11H2,1H3,(H2,22,23)/t15-,16-/m1/s1. The molecule has 2 saturated heterocycles. The van der Waals surface area contributed by atoms with Crippen molar-refractivity contribution in [2.75, 3.05) is 39.1 Å². The Morgan fingerprint density at radius 2 is 1.93 bits per heavy atom. The third kappa shape index (κ3) is 2.49. The van der Waals surface area contributed by atoms with Crippen LogP contribution in [0.4, 0.5) is 5.82 Å². The summed E-state index contributed by atoms with van der Waals surface area (Å²) in [6.07, 6.45) is 5.60. The first-order chi connectivity index (χ1) is 13.7. The second kappa shape index (κ2) is 6.19. The van der Waals surface area contributed by atoms with Crippen LogP contribution in [0.3, 0.4) is 0 Å². The Hall–Kier alpha value is -2.12. The number of nitrogens with zero attached hydrogens (tertiary/aromatic N) is 4. The SMILES string of the molecule is COc1cc(-c2cc(C3[C@@H]4CN(C5COC5)C[C@@H]34)n(C3CCC3)n2)cnc1N. The smallest absolute Gasteiger partial charge is 0.166 e. The number of fused-ring (bicyclic) bond motifs is 1. The highest BCUT2D eigenvalue weighted by Crippen LogP contribution is 2.59. The lowest BCUT2D eigenvalue weighted by Gasteiger charge is -2.36. The maximum atomic E-state index is 5.89.